The number of aryl methyl sites for hydroxylation is 6. The van der Waals surface area contributed by atoms with Gasteiger partial charge in [-0.3, -0.25) is 34.2 Å². The highest BCUT2D eigenvalue weighted by Gasteiger charge is 2.51. The first-order valence-corrected chi connectivity index (χ1v) is 41.2. The van der Waals surface area contributed by atoms with Gasteiger partial charge in [0.1, 0.15) is 34.1 Å². The van der Waals surface area contributed by atoms with E-state index in [1.165, 1.54) is 78.5 Å². The number of sulfonamides is 3. The zero-order valence-corrected chi connectivity index (χ0v) is 70.2. The number of hydrogen-bond donors (Lipinski definition) is 6. The van der Waals surface area contributed by atoms with E-state index in [4.69, 9.17) is 5.11 Å². The summed E-state index contributed by atoms with van der Waals surface area (Å²) in [4.78, 5) is 86.8. The summed E-state index contributed by atoms with van der Waals surface area (Å²) in [6.45, 7) is 14.2. The molecule has 6 N–H and O–H groups in total. The number of piperidine rings is 3. The third-order valence-electron chi connectivity index (χ3n) is 19.9. The second-order valence-corrected chi connectivity index (χ2v) is 34.8. The van der Waals surface area contributed by atoms with E-state index in [0.717, 1.165) is 79.3 Å². The summed E-state index contributed by atoms with van der Waals surface area (Å²) in [7, 11) is -4.21. The van der Waals surface area contributed by atoms with E-state index in [2.05, 4.69) is 58.8 Å². The van der Waals surface area contributed by atoms with E-state index in [1.54, 1.807) is 66.1 Å². The van der Waals surface area contributed by atoms with Crippen LogP contribution in [-0.4, -0.2) is 190 Å². The Morgan fingerprint density at radius 3 is 0.975 bits per heavy atom. The second-order valence-electron chi connectivity index (χ2n) is 28.5. The number of amidine groups is 3. The predicted octanol–water partition coefficient (Wildman–Crippen LogP) is 12.4. The van der Waals surface area contributed by atoms with Crippen LogP contribution in [0.15, 0.2) is 151 Å². The molecule has 3 saturated heterocycles. The van der Waals surface area contributed by atoms with E-state index in [-0.39, 0.29) is 136 Å². The van der Waals surface area contributed by atoms with Gasteiger partial charge >= 0.3 is 30.5 Å². The Bertz CT molecular complexity index is 5350. The van der Waals surface area contributed by atoms with Crippen LogP contribution in [0.5, 0.6) is 0 Å². The van der Waals surface area contributed by atoms with Crippen LogP contribution in [0, 0.1) is 41.5 Å². The normalized spacial score (nSPS) is 17.4. The molecule has 6 heterocycles. The summed E-state index contributed by atoms with van der Waals surface area (Å²) in [5, 5.41) is 31.3. The van der Waals surface area contributed by atoms with Gasteiger partial charge in [-0.15, -0.1) is 12.4 Å². The summed E-state index contributed by atoms with van der Waals surface area (Å²) in [5.41, 5.74) is 1.10. The van der Waals surface area contributed by atoms with Crippen molar-refractivity contribution < 1.29 is 104 Å². The van der Waals surface area contributed by atoms with Crippen LogP contribution < -0.4 is 21.3 Å². The van der Waals surface area contributed by atoms with Crippen molar-refractivity contribution in [3.05, 3.63) is 231 Å². The maximum atomic E-state index is 13.1. The quantitative estimate of drug-likeness (QED) is 0.0552. The van der Waals surface area contributed by atoms with Gasteiger partial charge in [0, 0.05) is 96.3 Å². The number of carboxylic acid groups (broad SMARTS) is 2. The van der Waals surface area contributed by atoms with Gasteiger partial charge in [-0.05, 0) is 224 Å². The maximum absolute atomic E-state index is 13.1. The molecule has 6 aliphatic heterocycles. The van der Waals surface area contributed by atoms with Crippen LogP contribution in [0.1, 0.15) is 147 Å². The molecule has 4 amide bonds. The number of alkyl halides is 9. The zero-order chi connectivity index (χ0) is 87.1. The molecule has 0 bridgehead atoms. The lowest BCUT2D eigenvalue weighted by Crippen LogP contribution is -2.50. The zero-order valence-electron chi connectivity index (χ0n) is 65.3. The number of carbonyl (C=O) groups is 6. The van der Waals surface area contributed by atoms with E-state index in [0.29, 0.717) is 33.4 Å². The van der Waals surface area contributed by atoms with Crippen molar-refractivity contribution >= 4 is 124 Å². The average Bonchev–Trinajstić information content (AvgIpc) is 1.61. The lowest BCUT2D eigenvalue weighted by molar-refractivity contribution is -0.138. The molecule has 0 atom stereocenters. The third kappa shape index (κ3) is 22.6. The van der Waals surface area contributed by atoms with Gasteiger partial charge in [0.15, 0.2) is 0 Å². The first kappa shape index (κ1) is 95.3. The molecule has 6 aromatic rings. The summed E-state index contributed by atoms with van der Waals surface area (Å²) in [6.07, 6.45) is -10.0. The summed E-state index contributed by atoms with van der Waals surface area (Å²) >= 11 is 3.37. The molecule has 636 valence electrons. The number of aliphatic imine (C=N–C) groups is 3. The highest BCUT2D eigenvalue weighted by Crippen LogP contribution is 2.39. The second kappa shape index (κ2) is 37.7. The fourth-order valence-electron chi connectivity index (χ4n) is 13.5. The number of aromatic carboxylic acids is 2. The number of carboxylic acids is 2. The van der Waals surface area contributed by atoms with Crippen molar-refractivity contribution in [1.82, 2.24) is 39.1 Å². The third-order valence-corrected chi connectivity index (χ3v) is 25.7. The Morgan fingerprint density at radius 2 is 0.729 bits per heavy atom. The van der Waals surface area contributed by atoms with Crippen molar-refractivity contribution in [2.24, 2.45) is 15.0 Å². The molecule has 3 fully saturated rings. The number of amides is 4. The molecule has 0 saturated carbocycles. The Morgan fingerprint density at radius 1 is 0.475 bits per heavy atom. The highest BCUT2D eigenvalue weighted by molar-refractivity contribution is 9.10. The van der Waals surface area contributed by atoms with Crippen molar-refractivity contribution in [2.75, 3.05) is 67.5 Å². The first-order chi connectivity index (χ1) is 54.3. The highest BCUT2D eigenvalue weighted by atomic mass is 79.9. The molecular weight excluding hydrogens is 1710 g/mol. The predicted molar refractivity (Wildman–Crippen MR) is 434 cm³/mol. The molecule has 3 spiro atoms. The van der Waals surface area contributed by atoms with Gasteiger partial charge in [-0.1, -0.05) is 58.9 Å². The Labute approximate surface area is 691 Å². The number of halogens is 11. The minimum atomic E-state index is -4.54. The average molecular weight is 1800 g/mol. The Balaban J connectivity index is 0.000000226. The van der Waals surface area contributed by atoms with Crippen molar-refractivity contribution in [3.8, 4) is 0 Å². The van der Waals surface area contributed by atoms with Crippen LogP contribution in [0.4, 0.5) is 39.5 Å². The van der Waals surface area contributed by atoms with Crippen molar-refractivity contribution in [3.63, 3.8) is 0 Å². The minimum absolute atomic E-state index is 0. The van der Waals surface area contributed by atoms with E-state index in [1.807, 2.05) is 27.9 Å². The monoisotopic (exact) mass is 1790 g/mol. The van der Waals surface area contributed by atoms with Crippen LogP contribution in [0.25, 0.3) is 12.2 Å². The summed E-state index contributed by atoms with van der Waals surface area (Å²) in [5.74, 6) is -3.32. The molecule has 118 heavy (non-hydrogen) atoms. The van der Waals surface area contributed by atoms with Gasteiger partial charge in [-0.2, -0.15) is 52.4 Å². The van der Waals surface area contributed by atoms with Gasteiger partial charge in [-0.25, -0.2) is 34.8 Å². The number of hydrogen-bond acceptors (Lipinski definition) is 16. The van der Waals surface area contributed by atoms with E-state index < -0.39 is 112 Å². The number of nitrogens with one attached hydrogen (secondary N) is 4. The molecule has 0 radical (unpaired) electrons. The van der Waals surface area contributed by atoms with Gasteiger partial charge in [0.25, 0.3) is 23.6 Å². The summed E-state index contributed by atoms with van der Waals surface area (Å²) < 4.78 is 198. The van der Waals surface area contributed by atoms with Crippen LogP contribution in [-0.2, 0) is 63.0 Å². The van der Waals surface area contributed by atoms with E-state index in [9.17, 15) is 98.6 Å². The van der Waals surface area contributed by atoms with Gasteiger partial charge in [0.05, 0.1) is 27.8 Å². The van der Waals surface area contributed by atoms with Gasteiger partial charge in [0.2, 0.25) is 30.1 Å². The minimum Gasteiger partial charge on any atom is -0.478 e. The lowest BCUT2D eigenvalue weighted by Gasteiger charge is -2.34. The van der Waals surface area contributed by atoms with Crippen LogP contribution >= 0.6 is 28.3 Å². The SMILES string of the molecule is C=CS(=O)(=O)N1CCC2(CC1)N=C(c1cccc(C(F)(F)F)c1)NC2=O.CNC.Cc1cc(C(=O)N(C)C)cc(C)c1/C=C/S(=O)(=O)N1CCC2(CC1)N=C(c1cccc(C(F)(F)F)c1)NC2=O.Cc1cc(C(=O)O)cc(C)c1/C=C/S(=O)(=O)N1CCC2(CC1)N=C(c1cccc(C(F)(F)F)c1)NC2=O.Cc1cc(C(=O)O)cc(C)c1Br.Cl. The molecular formula is C79H86BrClF9N11O14S3. The number of nitrogens with zero attached hydrogens (tertiary/aromatic N) is 7. The number of benzene rings is 6. The summed E-state index contributed by atoms with van der Waals surface area (Å²) in [6, 6.07) is 23.2. The van der Waals surface area contributed by atoms with E-state index >= 15 is 0 Å². The van der Waals surface area contributed by atoms with Crippen LogP contribution in [0.3, 0.4) is 0 Å². The topological polar surface area (TPSA) is 343 Å². The largest absolute Gasteiger partial charge is 0.478 e. The number of rotatable bonds is 14. The Hall–Kier alpha value is -9.80. The smallest absolute Gasteiger partial charge is 0.416 e. The molecule has 12 rings (SSSR count). The lowest BCUT2D eigenvalue weighted by atomic mass is 9.89. The molecule has 0 aliphatic carbocycles. The first-order valence-electron chi connectivity index (χ1n) is 35.9. The molecule has 0 unspecified atom stereocenters. The fourth-order valence-corrected chi connectivity index (χ4v) is 16.9. The molecule has 25 nitrogen and oxygen atoms in total. The Kier molecular flexibility index (Phi) is 30.4. The fraction of sp³-hybridized carbons (Fsp3) is 0.354. The van der Waals surface area contributed by atoms with Gasteiger partial charge < -0.3 is 36.4 Å². The molecule has 39 heteroatoms. The maximum Gasteiger partial charge on any atom is 0.416 e. The van der Waals surface area contributed by atoms with Crippen LogP contribution in [0.2, 0.25) is 0 Å². The number of carbonyl (C=O) groups excluding carboxylic acids is 4. The van der Waals surface area contributed by atoms with Crippen molar-refractivity contribution in [2.45, 2.75) is 115 Å². The molecule has 0 aromatic heterocycles. The van der Waals surface area contributed by atoms with Crippen molar-refractivity contribution in [1.29, 1.82) is 0 Å². The molecule has 6 aromatic carbocycles. The standard InChI is InChI=1S/C27H29F3N4O4S.C25H24F3N3O5S.C16H16F3N3O3S.C9H9BrO2.C2H7N.ClH/c1-17-14-20(24(35)33(3)4)15-18(2)22(17)8-13-39(37,38)34-11-9-26(10-12-34)25(36)31-23(32-26)19-6-5-7-21(16-19)27(28,29)30;1-15-12-18(22(32)33)13-16(2)20(15)6-11-37(35,36)31-9-7-24(8-10-31)23(34)29-21(30-24)17-4-3-5-19(14-17)25(26,27)28;1-2-26(24,25)22-8-6-15(7-9-22)14(23)20-13(21-15)11-4-3-5-12(10-11)16(17,18)19;1-5-3-7(9(11)12)4-6(2)8(5)10;1-3-2;/h5-8,13-16H,9-12H2,1-4H3,(H,31,32,36);3-6,11-14H,7-10H2,1-2H3,(H,32,33)(H,29,30,34);2-5,10H,1,6-9H2,(H,20,21,23);3-4H,1-2H3,(H,11,12);3H,1-2H3;1H/b13-8+;11-6+;;;;. The molecule has 6 aliphatic rings.